The first-order valence-electron chi connectivity index (χ1n) is 6.75. The molecule has 7 nitrogen and oxygen atoms in total. The SMILES string of the molecule is Cn1nccc1NC(=O)NC[C@@H]1CCn2ccnc2C1. The minimum absolute atomic E-state index is 0.192. The minimum atomic E-state index is -0.192. The van der Waals surface area contributed by atoms with E-state index in [2.05, 4.69) is 25.3 Å². The van der Waals surface area contributed by atoms with Gasteiger partial charge in [0.25, 0.3) is 0 Å². The van der Waals surface area contributed by atoms with Gasteiger partial charge in [-0.15, -0.1) is 0 Å². The number of imidazole rings is 1. The first kappa shape index (κ1) is 12.7. The third-order valence-corrected chi connectivity index (χ3v) is 3.67. The third kappa shape index (κ3) is 2.66. The van der Waals surface area contributed by atoms with Crippen LogP contribution in [0.4, 0.5) is 10.6 Å². The standard InChI is InChI=1S/C13H18N6O/c1-18-11(2-4-16-18)17-13(20)15-9-10-3-6-19-7-5-14-12(19)8-10/h2,4-5,7,10H,3,6,8-9H2,1H3,(H2,15,17,20)/t10-/m1/s1. The van der Waals surface area contributed by atoms with Crippen molar-refractivity contribution in [2.75, 3.05) is 11.9 Å². The highest BCUT2D eigenvalue weighted by molar-refractivity contribution is 5.88. The van der Waals surface area contributed by atoms with Crippen LogP contribution >= 0.6 is 0 Å². The van der Waals surface area contributed by atoms with Gasteiger partial charge >= 0.3 is 6.03 Å². The van der Waals surface area contributed by atoms with E-state index in [9.17, 15) is 4.79 Å². The van der Waals surface area contributed by atoms with Crippen molar-refractivity contribution in [3.8, 4) is 0 Å². The second-order valence-corrected chi connectivity index (χ2v) is 5.07. The molecule has 2 amide bonds. The van der Waals surface area contributed by atoms with Gasteiger partial charge in [0, 0.05) is 45.0 Å². The molecule has 3 rings (SSSR count). The topological polar surface area (TPSA) is 76.8 Å². The molecule has 1 aliphatic heterocycles. The summed E-state index contributed by atoms with van der Waals surface area (Å²) < 4.78 is 3.79. The van der Waals surface area contributed by atoms with Crippen molar-refractivity contribution < 1.29 is 4.79 Å². The van der Waals surface area contributed by atoms with Gasteiger partial charge in [0.1, 0.15) is 11.6 Å². The highest BCUT2D eigenvalue weighted by atomic mass is 16.2. The number of aromatic nitrogens is 4. The normalized spacial score (nSPS) is 17.6. The highest BCUT2D eigenvalue weighted by Crippen LogP contribution is 2.18. The number of aryl methyl sites for hydroxylation is 2. The first-order chi connectivity index (χ1) is 9.72. The van der Waals surface area contributed by atoms with Crippen molar-refractivity contribution in [3.05, 3.63) is 30.5 Å². The Morgan fingerprint density at radius 3 is 3.20 bits per heavy atom. The molecule has 0 spiro atoms. The second kappa shape index (κ2) is 5.36. The highest BCUT2D eigenvalue weighted by Gasteiger charge is 2.19. The van der Waals surface area contributed by atoms with Crippen LogP contribution in [0.5, 0.6) is 0 Å². The van der Waals surface area contributed by atoms with E-state index in [1.54, 1.807) is 24.0 Å². The number of nitrogens with one attached hydrogen (secondary N) is 2. The van der Waals surface area contributed by atoms with E-state index in [1.807, 2.05) is 12.4 Å². The summed E-state index contributed by atoms with van der Waals surface area (Å²) in [6.45, 7) is 1.64. The Morgan fingerprint density at radius 2 is 2.40 bits per heavy atom. The van der Waals surface area contributed by atoms with Gasteiger partial charge in [-0.1, -0.05) is 0 Å². The molecule has 2 N–H and O–H groups in total. The van der Waals surface area contributed by atoms with Gasteiger partial charge < -0.3 is 9.88 Å². The molecule has 0 aliphatic carbocycles. The fourth-order valence-corrected chi connectivity index (χ4v) is 2.48. The van der Waals surface area contributed by atoms with Gasteiger partial charge in [0.2, 0.25) is 0 Å². The number of carbonyl (C=O) groups excluding carboxylic acids is 1. The zero-order chi connectivity index (χ0) is 13.9. The van der Waals surface area contributed by atoms with Crippen molar-refractivity contribution >= 4 is 11.8 Å². The largest absolute Gasteiger partial charge is 0.338 e. The molecule has 0 aromatic carbocycles. The zero-order valence-corrected chi connectivity index (χ0v) is 11.4. The summed E-state index contributed by atoms with van der Waals surface area (Å²) in [5, 5.41) is 9.69. The summed E-state index contributed by atoms with van der Waals surface area (Å²) in [6, 6.07) is 1.57. The van der Waals surface area contributed by atoms with Crippen LogP contribution in [0.3, 0.4) is 0 Å². The summed E-state index contributed by atoms with van der Waals surface area (Å²) in [5.41, 5.74) is 0. The number of hydrogen-bond donors (Lipinski definition) is 2. The van der Waals surface area contributed by atoms with Crippen LogP contribution in [-0.4, -0.2) is 31.9 Å². The van der Waals surface area contributed by atoms with E-state index in [1.165, 1.54) is 0 Å². The van der Waals surface area contributed by atoms with E-state index in [0.717, 1.165) is 25.2 Å². The molecule has 0 unspecified atom stereocenters. The smallest absolute Gasteiger partial charge is 0.320 e. The van der Waals surface area contributed by atoms with Gasteiger partial charge in [-0.05, 0) is 12.3 Å². The number of carbonyl (C=O) groups is 1. The molecule has 3 heterocycles. The molecule has 2 aromatic rings. The van der Waals surface area contributed by atoms with Crippen molar-refractivity contribution in [1.29, 1.82) is 0 Å². The van der Waals surface area contributed by atoms with Crippen LogP contribution in [-0.2, 0) is 20.0 Å². The van der Waals surface area contributed by atoms with Crippen LogP contribution in [0.1, 0.15) is 12.2 Å². The maximum absolute atomic E-state index is 11.8. The van der Waals surface area contributed by atoms with Crippen molar-refractivity contribution in [2.24, 2.45) is 13.0 Å². The van der Waals surface area contributed by atoms with Crippen molar-refractivity contribution in [1.82, 2.24) is 24.6 Å². The van der Waals surface area contributed by atoms with Gasteiger partial charge in [-0.25, -0.2) is 9.78 Å². The lowest BCUT2D eigenvalue weighted by Gasteiger charge is -2.23. The lowest BCUT2D eigenvalue weighted by atomic mass is 9.98. The summed E-state index contributed by atoms with van der Waals surface area (Å²) in [6.07, 6.45) is 7.47. The van der Waals surface area contributed by atoms with Crippen LogP contribution in [0.15, 0.2) is 24.7 Å². The van der Waals surface area contributed by atoms with Crippen LogP contribution in [0, 0.1) is 5.92 Å². The third-order valence-electron chi connectivity index (χ3n) is 3.67. The predicted octanol–water partition coefficient (Wildman–Crippen LogP) is 1.00. The van der Waals surface area contributed by atoms with Gasteiger partial charge in [-0.3, -0.25) is 10.00 Å². The monoisotopic (exact) mass is 274 g/mol. The van der Waals surface area contributed by atoms with Gasteiger partial charge in [0.05, 0.1) is 6.20 Å². The fourth-order valence-electron chi connectivity index (χ4n) is 2.48. The molecule has 0 saturated carbocycles. The minimum Gasteiger partial charge on any atom is -0.338 e. The van der Waals surface area contributed by atoms with Gasteiger partial charge in [-0.2, -0.15) is 5.10 Å². The van der Waals surface area contributed by atoms with E-state index in [4.69, 9.17) is 0 Å². The average molecular weight is 274 g/mol. The fraction of sp³-hybridized carbons (Fsp3) is 0.462. The quantitative estimate of drug-likeness (QED) is 0.876. The molecular formula is C13H18N6O. The second-order valence-electron chi connectivity index (χ2n) is 5.07. The summed E-state index contributed by atoms with van der Waals surface area (Å²) >= 11 is 0. The summed E-state index contributed by atoms with van der Waals surface area (Å²) in [4.78, 5) is 16.1. The molecule has 0 bridgehead atoms. The van der Waals surface area contributed by atoms with Gasteiger partial charge in [0.15, 0.2) is 0 Å². The maximum Gasteiger partial charge on any atom is 0.320 e. The zero-order valence-electron chi connectivity index (χ0n) is 11.4. The van der Waals surface area contributed by atoms with Crippen LogP contribution in [0.25, 0.3) is 0 Å². The Bertz CT molecular complexity index is 602. The number of anilines is 1. The molecule has 1 aliphatic rings. The number of fused-ring (bicyclic) bond motifs is 1. The Balaban J connectivity index is 1.48. The molecule has 0 fully saturated rings. The molecule has 0 radical (unpaired) electrons. The van der Waals surface area contributed by atoms with Crippen molar-refractivity contribution in [3.63, 3.8) is 0 Å². The number of amides is 2. The molecule has 106 valence electrons. The molecule has 7 heteroatoms. The van der Waals surface area contributed by atoms with Crippen LogP contribution < -0.4 is 10.6 Å². The lowest BCUT2D eigenvalue weighted by molar-refractivity contribution is 0.248. The Morgan fingerprint density at radius 1 is 1.50 bits per heavy atom. The Hall–Kier alpha value is -2.31. The number of nitrogens with zero attached hydrogens (tertiary/aromatic N) is 4. The van der Waals surface area contributed by atoms with E-state index in [-0.39, 0.29) is 6.03 Å². The summed E-state index contributed by atoms with van der Waals surface area (Å²) in [7, 11) is 1.79. The Labute approximate surface area is 117 Å². The molecule has 2 aromatic heterocycles. The summed E-state index contributed by atoms with van der Waals surface area (Å²) in [5.74, 6) is 2.24. The maximum atomic E-state index is 11.8. The van der Waals surface area contributed by atoms with E-state index in [0.29, 0.717) is 18.3 Å². The molecule has 0 saturated heterocycles. The predicted molar refractivity (Wildman–Crippen MR) is 74.3 cm³/mol. The van der Waals surface area contributed by atoms with Crippen molar-refractivity contribution in [2.45, 2.75) is 19.4 Å². The van der Waals surface area contributed by atoms with Crippen LogP contribution in [0.2, 0.25) is 0 Å². The van der Waals surface area contributed by atoms with E-state index < -0.39 is 0 Å². The lowest BCUT2D eigenvalue weighted by Crippen LogP contribution is -2.36. The average Bonchev–Trinajstić information content (AvgIpc) is 3.05. The Kier molecular flexibility index (Phi) is 3.41. The van der Waals surface area contributed by atoms with E-state index >= 15 is 0 Å². The number of hydrogen-bond acceptors (Lipinski definition) is 3. The molecule has 1 atom stereocenters. The molecular weight excluding hydrogens is 256 g/mol. The molecule has 20 heavy (non-hydrogen) atoms. The first-order valence-corrected chi connectivity index (χ1v) is 6.75. The number of rotatable bonds is 3. The number of urea groups is 1.